The number of benzene rings is 1. The van der Waals surface area contributed by atoms with E-state index in [0.717, 1.165) is 27.9 Å². The number of imidazole rings is 1. The molecule has 4 nitrogen and oxygen atoms in total. The van der Waals surface area contributed by atoms with Crippen molar-refractivity contribution in [1.29, 1.82) is 0 Å². The summed E-state index contributed by atoms with van der Waals surface area (Å²) in [6.45, 7) is 0.483. The minimum Gasteiger partial charge on any atom is -0.497 e. The highest BCUT2D eigenvalue weighted by Gasteiger charge is 2.06. The minimum absolute atomic E-state index is 0.483. The van der Waals surface area contributed by atoms with Crippen LogP contribution in [0.15, 0.2) is 36.7 Å². The van der Waals surface area contributed by atoms with Crippen molar-refractivity contribution in [3.8, 4) is 5.75 Å². The van der Waals surface area contributed by atoms with Crippen molar-refractivity contribution in [3.05, 3.63) is 42.4 Å². The molecule has 0 atom stereocenters. The molecule has 0 saturated carbocycles. The first-order valence-electron chi connectivity index (χ1n) is 5.46. The first kappa shape index (κ1) is 10.1. The van der Waals surface area contributed by atoms with Gasteiger partial charge >= 0.3 is 0 Å². The summed E-state index contributed by atoms with van der Waals surface area (Å²) in [6.07, 6.45) is 3.81. The molecule has 3 aromatic rings. The Labute approximate surface area is 98.6 Å². The van der Waals surface area contributed by atoms with E-state index < -0.39 is 0 Å². The summed E-state index contributed by atoms with van der Waals surface area (Å²) in [6, 6.07) is 8.04. The van der Waals surface area contributed by atoms with E-state index >= 15 is 0 Å². The average Bonchev–Trinajstić information content (AvgIpc) is 2.81. The van der Waals surface area contributed by atoms with Gasteiger partial charge in [-0.15, -0.1) is 0 Å². The lowest BCUT2D eigenvalue weighted by Gasteiger charge is -2.05. The molecule has 2 heterocycles. The minimum atomic E-state index is 0.483. The monoisotopic (exact) mass is 227 g/mol. The van der Waals surface area contributed by atoms with Crippen LogP contribution in [0.5, 0.6) is 5.75 Å². The van der Waals surface area contributed by atoms with Crippen LogP contribution in [-0.4, -0.2) is 16.5 Å². The van der Waals surface area contributed by atoms with E-state index in [-0.39, 0.29) is 0 Å². The zero-order chi connectivity index (χ0) is 11.8. The number of nitrogens with two attached hydrogens (primary N) is 1. The SMILES string of the molecule is COc1ccc2ccn3c(CN)cnc3c2c1. The summed E-state index contributed by atoms with van der Waals surface area (Å²) < 4.78 is 7.26. The van der Waals surface area contributed by atoms with Crippen LogP contribution < -0.4 is 10.5 Å². The molecular weight excluding hydrogens is 214 g/mol. The third kappa shape index (κ3) is 1.45. The van der Waals surface area contributed by atoms with Gasteiger partial charge in [-0.3, -0.25) is 0 Å². The molecule has 2 aromatic heterocycles. The number of rotatable bonds is 2. The van der Waals surface area contributed by atoms with Gasteiger partial charge < -0.3 is 14.9 Å². The Morgan fingerprint density at radius 1 is 1.35 bits per heavy atom. The molecule has 0 saturated heterocycles. The number of fused-ring (bicyclic) bond motifs is 3. The molecule has 0 aliphatic rings. The van der Waals surface area contributed by atoms with Gasteiger partial charge in [0.05, 0.1) is 19.0 Å². The fraction of sp³-hybridized carbons (Fsp3) is 0.154. The largest absolute Gasteiger partial charge is 0.497 e. The van der Waals surface area contributed by atoms with Gasteiger partial charge in [-0.05, 0) is 23.6 Å². The summed E-state index contributed by atoms with van der Waals surface area (Å²) in [5, 5.41) is 2.22. The van der Waals surface area contributed by atoms with E-state index in [1.54, 1.807) is 7.11 Å². The fourth-order valence-corrected chi connectivity index (χ4v) is 2.07. The standard InChI is InChI=1S/C13H13N3O/c1-17-11-3-2-9-4-5-16-10(7-14)8-15-13(16)12(9)6-11/h2-6,8H,7,14H2,1H3. The smallest absolute Gasteiger partial charge is 0.144 e. The molecule has 3 rings (SSSR count). The molecule has 0 unspecified atom stereocenters. The molecular formula is C13H13N3O. The second-order valence-electron chi connectivity index (χ2n) is 3.92. The molecule has 0 fully saturated rings. The summed E-state index contributed by atoms with van der Waals surface area (Å²) in [7, 11) is 1.66. The molecule has 0 bridgehead atoms. The molecule has 0 radical (unpaired) electrons. The van der Waals surface area contributed by atoms with Gasteiger partial charge in [0, 0.05) is 18.1 Å². The molecule has 0 aliphatic heterocycles. The molecule has 0 aliphatic carbocycles. The maximum Gasteiger partial charge on any atom is 0.144 e. The number of hydrogen-bond donors (Lipinski definition) is 1. The van der Waals surface area contributed by atoms with E-state index in [0.29, 0.717) is 6.54 Å². The van der Waals surface area contributed by atoms with Crippen molar-refractivity contribution in [1.82, 2.24) is 9.38 Å². The number of aromatic nitrogens is 2. The van der Waals surface area contributed by atoms with Crippen molar-refractivity contribution in [3.63, 3.8) is 0 Å². The number of ether oxygens (including phenoxy) is 1. The lowest BCUT2D eigenvalue weighted by molar-refractivity contribution is 0.415. The fourth-order valence-electron chi connectivity index (χ4n) is 2.07. The van der Waals surface area contributed by atoms with Crippen LogP contribution in [0.1, 0.15) is 5.69 Å². The Kier molecular flexibility index (Phi) is 2.23. The Morgan fingerprint density at radius 2 is 2.24 bits per heavy atom. The Bertz CT molecular complexity index is 688. The average molecular weight is 227 g/mol. The van der Waals surface area contributed by atoms with Crippen LogP contribution in [0, 0.1) is 0 Å². The highest BCUT2D eigenvalue weighted by Crippen LogP contribution is 2.24. The van der Waals surface area contributed by atoms with Gasteiger partial charge in [0.25, 0.3) is 0 Å². The van der Waals surface area contributed by atoms with E-state index in [1.807, 2.05) is 35.0 Å². The van der Waals surface area contributed by atoms with Crippen molar-refractivity contribution < 1.29 is 4.74 Å². The van der Waals surface area contributed by atoms with Gasteiger partial charge in [0.1, 0.15) is 11.4 Å². The number of nitrogens with zero attached hydrogens (tertiary/aromatic N) is 2. The first-order valence-corrected chi connectivity index (χ1v) is 5.46. The van der Waals surface area contributed by atoms with E-state index in [9.17, 15) is 0 Å². The summed E-state index contributed by atoms with van der Waals surface area (Å²) in [4.78, 5) is 4.42. The van der Waals surface area contributed by atoms with Gasteiger partial charge in [-0.2, -0.15) is 0 Å². The highest BCUT2D eigenvalue weighted by atomic mass is 16.5. The Morgan fingerprint density at radius 3 is 3.00 bits per heavy atom. The predicted octanol–water partition coefficient (Wildman–Crippen LogP) is 1.95. The van der Waals surface area contributed by atoms with Crippen molar-refractivity contribution >= 4 is 16.4 Å². The normalized spacial score (nSPS) is 11.2. The number of hydrogen-bond acceptors (Lipinski definition) is 3. The quantitative estimate of drug-likeness (QED) is 0.728. The number of methoxy groups -OCH3 is 1. The van der Waals surface area contributed by atoms with Crippen molar-refractivity contribution in [2.45, 2.75) is 6.54 Å². The van der Waals surface area contributed by atoms with Gasteiger partial charge in [-0.25, -0.2) is 4.98 Å². The third-order valence-corrected chi connectivity index (χ3v) is 2.99. The lowest BCUT2D eigenvalue weighted by Crippen LogP contribution is -2.00. The molecule has 2 N–H and O–H groups in total. The van der Waals surface area contributed by atoms with E-state index in [4.69, 9.17) is 10.5 Å². The molecule has 1 aromatic carbocycles. The van der Waals surface area contributed by atoms with Crippen LogP contribution in [-0.2, 0) is 6.54 Å². The van der Waals surface area contributed by atoms with Gasteiger partial charge in [-0.1, -0.05) is 6.07 Å². The Balaban J connectivity index is 2.40. The highest BCUT2D eigenvalue weighted by molar-refractivity contribution is 5.94. The van der Waals surface area contributed by atoms with E-state index in [1.165, 1.54) is 0 Å². The third-order valence-electron chi connectivity index (χ3n) is 2.99. The van der Waals surface area contributed by atoms with Crippen LogP contribution >= 0.6 is 0 Å². The number of pyridine rings is 1. The van der Waals surface area contributed by atoms with Crippen LogP contribution in [0.2, 0.25) is 0 Å². The van der Waals surface area contributed by atoms with Crippen LogP contribution in [0.3, 0.4) is 0 Å². The molecule has 4 heteroatoms. The topological polar surface area (TPSA) is 52.5 Å². The lowest BCUT2D eigenvalue weighted by atomic mass is 10.1. The van der Waals surface area contributed by atoms with Crippen LogP contribution in [0.25, 0.3) is 16.4 Å². The second kappa shape index (κ2) is 3.75. The van der Waals surface area contributed by atoms with Gasteiger partial charge in [0.2, 0.25) is 0 Å². The van der Waals surface area contributed by atoms with Crippen LogP contribution in [0.4, 0.5) is 0 Å². The van der Waals surface area contributed by atoms with E-state index in [2.05, 4.69) is 11.1 Å². The first-order chi connectivity index (χ1) is 8.33. The van der Waals surface area contributed by atoms with Crippen molar-refractivity contribution in [2.75, 3.05) is 7.11 Å². The molecule has 0 spiro atoms. The maximum absolute atomic E-state index is 5.67. The summed E-state index contributed by atoms with van der Waals surface area (Å²) >= 11 is 0. The molecule has 0 amide bonds. The predicted molar refractivity (Wildman–Crippen MR) is 67.1 cm³/mol. The maximum atomic E-state index is 5.67. The van der Waals surface area contributed by atoms with Gasteiger partial charge in [0.15, 0.2) is 0 Å². The van der Waals surface area contributed by atoms with Crippen molar-refractivity contribution in [2.24, 2.45) is 5.73 Å². The molecule has 86 valence electrons. The zero-order valence-corrected chi connectivity index (χ0v) is 9.55. The second-order valence-corrected chi connectivity index (χ2v) is 3.92. The summed E-state index contributed by atoms with van der Waals surface area (Å²) in [5.41, 5.74) is 7.60. The zero-order valence-electron chi connectivity index (χ0n) is 9.55. The summed E-state index contributed by atoms with van der Waals surface area (Å²) in [5.74, 6) is 0.836. The molecule has 17 heavy (non-hydrogen) atoms. The Hall–Kier alpha value is -2.07.